The highest BCUT2D eigenvalue weighted by Gasteiger charge is 2.61. The fourth-order valence-corrected chi connectivity index (χ4v) is 9.73. The molecule has 2 saturated carbocycles. The Kier molecular flexibility index (Phi) is 8.88. The average Bonchev–Trinajstić information content (AvgIpc) is 3.34. The summed E-state index contributed by atoms with van der Waals surface area (Å²) in [6.07, 6.45) is 6.80. The molecule has 1 heterocycles. The Morgan fingerprint density at radius 1 is 0.894 bits per heavy atom. The highest BCUT2D eigenvalue weighted by Crippen LogP contribution is 2.64. The van der Waals surface area contributed by atoms with E-state index in [9.17, 15) is 19.8 Å². The van der Waals surface area contributed by atoms with Crippen LogP contribution in [0, 0.1) is 17.3 Å². The summed E-state index contributed by atoms with van der Waals surface area (Å²) in [7, 11) is 0. The molecule has 4 aliphatic rings. The molecule has 0 radical (unpaired) electrons. The minimum absolute atomic E-state index is 0.0364. The van der Waals surface area contributed by atoms with Gasteiger partial charge in [0.2, 0.25) is 11.8 Å². The zero-order valence-corrected chi connectivity index (χ0v) is 27.6. The highest BCUT2D eigenvalue weighted by atomic mass is 16.3. The van der Waals surface area contributed by atoms with Crippen molar-refractivity contribution in [3.05, 3.63) is 101 Å². The smallest absolute Gasteiger partial charge is 0.245 e. The van der Waals surface area contributed by atoms with Crippen molar-refractivity contribution in [3.63, 3.8) is 0 Å². The molecule has 7 rings (SSSR count). The molecule has 3 fully saturated rings. The van der Waals surface area contributed by atoms with Gasteiger partial charge in [0.05, 0.1) is 12.0 Å². The van der Waals surface area contributed by atoms with Crippen molar-refractivity contribution in [1.82, 2.24) is 15.1 Å². The Balaban J connectivity index is 0.983. The van der Waals surface area contributed by atoms with Gasteiger partial charge in [0.15, 0.2) is 0 Å². The number of carbonyl (C=O) groups excluding carboxylic acids is 2. The topological polar surface area (TPSA) is 93.1 Å². The van der Waals surface area contributed by atoms with E-state index in [0.29, 0.717) is 62.6 Å². The summed E-state index contributed by atoms with van der Waals surface area (Å²) in [4.78, 5) is 31.2. The Labute approximate surface area is 279 Å². The molecule has 7 nitrogen and oxygen atoms in total. The number of phenols is 1. The van der Waals surface area contributed by atoms with Crippen LogP contribution < -0.4 is 5.32 Å². The summed E-state index contributed by atoms with van der Waals surface area (Å²) in [5, 5.41) is 25.5. The van der Waals surface area contributed by atoms with Gasteiger partial charge in [0.1, 0.15) is 11.8 Å². The second kappa shape index (κ2) is 13.1. The van der Waals surface area contributed by atoms with Gasteiger partial charge in [-0.25, -0.2) is 0 Å². The lowest BCUT2D eigenvalue weighted by Gasteiger charge is -2.54. The number of fused-ring (bicyclic) bond motifs is 5. The molecule has 3 aromatic carbocycles. The molecule has 0 aromatic heterocycles. The molecule has 3 N–H and O–H groups in total. The maximum Gasteiger partial charge on any atom is 0.245 e. The van der Waals surface area contributed by atoms with E-state index in [-0.39, 0.29) is 23.7 Å². The maximum absolute atomic E-state index is 13.9. The van der Waals surface area contributed by atoms with Crippen molar-refractivity contribution < 1.29 is 19.8 Å². The zero-order chi connectivity index (χ0) is 32.6. The predicted octanol–water partition coefficient (Wildman–Crippen LogP) is 5.09. The van der Waals surface area contributed by atoms with Crippen LogP contribution in [0.2, 0.25) is 0 Å². The number of piperazine rings is 1. The van der Waals surface area contributed by atoms with E-state index in [2.05, 4.69) is 23.2 Å². The van der Waals surface area contributed by atoms with Crippen molar-refractivity contribution in [2.45, 2.75) is 75.9 Å². The number of aryl methyl sites for hydroxylation is 1. The lowest BCUT2D eigenvalue weighted by atomic mass is 9.53. The Morgan fingerprint density at radius 2 is 1.60 bits per heavy atom. The van der Waals surface area contributed by atoms with Crippen LogP contribution in [0.5, 0.6) is 5.75 Å². The summed E-state index contributed by atoms with van der Waals surface area (Å²) in [5.74, 6) is 1.77. The van der Waals surface area contributed by atoms with Crippen molar-refractivity contribution in [3.8, 4) is 5.75 Å². The van der Waals surface area contributed by atoms with Crippen LogP contribution >= 0.6 is 0 Å². The maximum atomic E-state index is 13.9. The van der Waals surface area contributed by atoms with Gasteiger partial charge in [-0.15, -0.1) is 0 Å². The number of rotatable bonds is 8. The SMILES string of the molecule is C[C@]12CC[C@@H]3c4ccc(O)cc4CC[C@H]3[C@@H]1CC[C@@]2(O)CN1CCN(C(=O)[C@H](Cc2ccccc2)NC(=O)Cc2ccccc2)CC1. The van der Waals surface area contributed by atoms with Crippen molar-refractivity contribution in [2.24, 2.45) is 17.3 Å². The number of nitrogens with zero attached hydrogens (tertiary/aromatic N) is 2. The average molecular weight is 636 g/mol. The van der Waals surface area contributed by atoms with Gasteiger partial charge in [0, 0.05) is 44.6 Å². The summed E-state index contributed by atoms with van der Waals surface area (Å²) in [5.41, 5.74) is 3.79. The summed E-state index contributed by atoms with van der Waals surface area (Å²) in [6.45, 7) is 5.60. The van der Waals surface area contributed by atoms with Crippen LogP contribution in [0.3, 0.4) is 0 Å². The second-order valence-corrected chi connectivity index (χ2v) is 14.9. The van der Waals surface area contributed by atoms with Gasteiger partial charge in [0.25, 0.3) is 0 Å². The third kappa shape index (κ3) is 6.32. The molecule has 6 atom stereocenters. The number of carbonyl (C=O) groups is 2. The van der Waals surface area contributed by atoms with Gasteiger partial charge in [-0.1, -0.05) is 73.7 Å². The van der Waals surface area contributed by atoms with Gasteiger partial charge in [-0.2, -0.15) is 0 Å². The Hall–Kier alpha value is -3.68. The molecule has 7 heteroatoms. The number of amides is 2. The third-order valence-corrected chi connectivity index (χ3v) is 12.3. The van der Waals surface area contributed by atoms with E-state index < -0.39 is 11.6 Å². The molecule has 47 heavy (non-hydrogen) atoms. The first-order valence-corrected chi connectivity index (χ1v) is 17.6. The van der Waals surface area contributed by atoms with Gasteiger partial charge in [-0.3, -0.25) is 14.5 Å². The van der Waals surface area contributed by atoms with Crippen molar-refractivity contribution >= 4 is 11.8 Å². The summed E-state index contributed by atoms with van der Waals surface area (Å²) in [6, 6.07) is 24.8. The minimum Gasteiger partial charge on any atom is -0.508 e. The van der Waals surface area contributed by atoms with E-state index in [1.54, 1.807) is 0 Å². The molecule has 3 aliphatic carbocycles. The lowest BCUT2D eigenvalue weighted by Crippen LogP contribution is -2.60. The first-order valence-electron chi connectivity index (χ1n) is 17.6. The molecule has 0 unspecified atom stereocenters. The molecule has 0 bridgehead atoms. The predicted molar refractivity (Wildman–Crippen MR) is 183 cm³/mol. The number of phenolic OH excluding ortho intramolecular Hbond substituents is 1. The first-order chi connectivity index (χ1) is 22.7. The fraction of sp³-hybridized carbons (Fsp3) is 0.500. The molecule has 248 valence electrons. The molecule has 3 aromatic rings. The third-order valence-electron chi connectivity index (χ3n) is 12.3. The second-order valence-electron chi connectivity index (χ2n) is 14.9. The monoisotopic (exact) mass is 635 g/mol. The molecule has 2 amide bonds. The van der Waals surface area contributed by atoms with E-state index in [1.165, 1.54) is 11.1 Å². The van der Waals surface area contributed by atoms with E-state index in [0.717, 1.165) is 49.7 Å². The number of aliphatic hydroxyl groups is 1. The molecule has 1 saturated heterocycles. The van der Waals surface area contributed by atoms with Crippen LogP contribution in [-0.2, 0) is 28.9 Å². The van der Waals surface area contributed by atoms with Crippen LogP contribution in [0.4, 0.5) is 0 Å². The molecule has 0 spiro atoms. The van der Waals surface area contributed by atoms with Crippen LogP contribution in [0.25, 0.3) is 0 Å². The van der Waals surface area contributed by atoms with Crippen LogP contribution in [0.1, 0.15) is 67.2 Å². The standard InChI is InChI=1S/C40H49N3O4/c1-39-18-16-33-32-15-13-31(44)26-30(32)12-14-34(33)35(39)17-19-40(39,47)27-42-20-22-43(23-21-42)38(46)36(24-28-8-4-2-5-9-28)41-37(45)25-29-10-6-3-7-11-29/h2-11,13,15,26,33-36,44,47H,12,14,16-25,27H2,1H3,(H,41,45)/t33-,34-,35+,36+,39+,40-/m1/s1. The van der Waals surface area contributed by atoms with Gasteiger partial charge in [-0.05, 0) is 90.7 Å². The highest BCUT2D eigenvalue weighted by molar-refractivity contribution is 5.88. The molecular weight excluding hydrogens is 586 g/mol. The Bertz CT molecular complexity index is 1570. The van der Waals surface area contributed by atoms with Crippen molar-refractivity contribution in [1.29, 1.82) is 0 Å². The molecule has 1 aliphatic heterocycles. The number of hydrogen-bond acceptors (Lipinski definition) is 5. The van der Waals surface area contributed by atoms with E-state index in [1.807, 2.05) is 77.7 Å². The summed E-state index contributed by atoms with van der Waals surface area (Å²) >= 11 is 0. The Morgan fingerprint density at radius 3 is 2.32 bits per heavy atom. The number of benzene rings is 3. The number of β-amino-alcohol motifs (C(OH)–C–C–N with tert-alkyl or cyclic N) is 1. The first kappa shape index (κ1) is 31.9. The number of nitrogens with one attached hydrogen (secondary N) is 1. The zero-order valence-electron chi connectivity index (χ0n) is 27.6. The number of aromatic hydroxyl groups is 1. The normalized spacial score (nSPS) is 29.3. The minimum atomic E-state index is -0.745. The van der Waals surface area contributed by atoms with E-state index in [4.69, 9.17) is 0 Å². The quantitative estimate of drug-likeness (QED) is 0.321. The number of hydrogen-bond donors (Lipinski definition) is 3. The van der Waals surface area contributed by atoms with Crippen LogP contribution in [0.15, 0.2) is 78.9 Å². The van der Waals surface area contributed by atoms with Gasteiger partial charge >= 0.3 is 0 Å². The van der Waals surface area contributed by atoms with Crippen molar-refractivity contribution in [2.75, 3.05) is 32.7 Å². The van der Waals surface area contributed by atoms with Crippen LogP contribution in [-0.4, -0.2) is 76.2 Å². The van der Waals surface area contributed by atoms with Gasteiger partial charge < -0.3 is 20.4 Å². The lowest BCUT2D eigenvalue weighted by molar-refractivity contribution is -0.140. The molecular formula is C40H49N3O4. The fourth-order valence-electron chi connectivity index (χ4n) is 9.73. The summed E-state index contributed by atoms with van der Waals surface area (Å²) < 4.78 is 0. The largest absolute Gasteiger partial charge is 0.508 e. The van der Waals surface area contributed by atoms with E-state index >= 15 is 0 Å².